The van der Waals surface area contributed by atoms with Gasteiger partial charge in [0.1, 0.15) is 88.3 Å². The molecule has 0 spiro atoms. The van der Waals surface area contributed by atoms with E-state index in [1.54, 1.807) is 70.9 Å². The smallest absolute Gasteiger partial charge is 0.413 e. The highest BCUT2D eigenvalue weighted by Crippen LogP contribution is 2.40. The molecule has 2 aliphatic rings. The van der Waals surface area contributed by atoms with Gasteiger partial charge in [0.25, 0.3) is 17.7 Å². The number of carboxylic acids is 1. The van der Waals surface area contributed by atoms with Crippen LogP contribution in [0.5, 0.6) is 0 Å². The van der Waals surface area contributed by atoms with Crippen molar-refractivity contribution in [3.05, 3.63) is 111 Å². The van der Waals surface area contributed by atoms with E-state index in [2.05, 4.69) is 46.9 Å². The molecule has 1 saturated carbocycles. The Kier molecular flexibility index (Phi) is 17.8. The minimum absolute atomic E-state index is 0.00285. The van der Waals surface area contributed by atoms with Crippen molar-refractivity contribution in [1.82, 2.24) is 61.5 Å². The summed E-state index contributed by atoms with van der Waals surface area (Å²) >= 11 is 7.07. The van der Waals surface area contributed by atoms with Crippen molar-refractivity contribution in [2.24, 2.45) is 11.8 Å². The molecule has 1 fully saturated rings. The average Bonchev–Trinajstić information content (AvgIpc) is 4.45. The number of aliphatic carboxylic acids is 1. The number of aliphatic hydroxyl groups is 1. The van der Waals surface area contributed by atoms with Crippen LogP contribution in [0.4, 0.5) is 10.6 Å². The highest BCUT2D eigenvalue weighted by molar-refractivity contribution is 7.15. The number of amides is 6. The van der Waals surface area contributed by atoms with Crippen molar-refractivity contribution in [3.8, 4) is 43.4 Å². The number of fused-ring (bicyclic) bond motifs is 14. The molecule has 8 heterocycles. The number of rotatable bonds is 11. The molecule has 6 amide bonds. The van der Waals surface area contributed by atoms with Crippen LogP contribution in [0.15, 0.2) is 64.0 Å². The normalized spacial score (nSPS) is 18.9. The van der Waals surface area contributed by atoms with Crippen molar-refractivity contribution in [1.29, 1.82) is 0 Å². The number of pyridine rings is 1. The van der Waals surface area contributed by atoms with Gasteiger partial charge in [-0.3, -0.25) is 34.1 Å². The number of benzene rings is 1. The fourth-order valence-electron chi connectivity index (χ4n) is 8.79. The number of hydrogen-bond donors (Lipinski definition) is 8. The number of aliphatic hydroxyl groups excluding tert-OH is 1. The third kappa shape index (κ3) is 13.2. The second kappa shape index (κ2) is 25.3. The van der Waals surface area contributed by atoms with Crippen molar-refractivity contribution >= 4 is 115 Å². The van der Waals surface area contributed by atoms with Crippen LogP contribution in [0, 0.1) is 18.8 Å². The molecule has 0 radical (unpaired) electrons. The predicted octanol–water partition coefficient (Wildman–Crippen LogP) is 7.72. The Morgan fingerprint density at radius 3 is 2.17 bits per heavy atom. The number of carbonyl (C=O) groups excluding carboxylic acids is 6. The van der Waals surface area contributed by atoms with E-state index >= 15 is 0 Å². The highest BCUT2D eigenvalue weighted by atomic mass is 32.1. The first-order chi connectivity index (χ1) is 39.9. The van der Waals surface area contributed by atoms with E-state index in [1.165, 1.54) is 48.2 Å². The summed E-state index contributed by atoms with van der Waals surface area (Å²) in [5.41, 5.74) is 2.56. The van der Waals surface area contributed by atoms with Crippen LogP contribution >= 0.6 is 68.0 Å². The Bertz CT molecular complexity index is 3750. The van der Waals surface area contributed by atoms with Crippen LogP contribution in [-0.4, -0.2) is 114 Å². The van der Waals surface area contributed by atoms with Gasteiger partial charge in [-0.25, -0.2) is 39.7 Å². The van der Waals surface area contributed by atoms with Gasteiger partial charge < -0.3 is 46.3 Å². The van der Waals surface area contributed by atoms with Gasteiger partial charge in [0.15, 0.2) is 0 Å². The molecule has 8 N–H and O–H groups in total. The average molecular weight is 1240 g/mol. The lowest BCUT2D eigenvalue weighted by molar-refractivity contribution is -0.148. The minimum atomic E-state index is -1.29. The molecule has 7 aromatic heterocycles. The van der Waals surface area contributed by atoms with Crippen LogP contribution in [-0.2, 0) is 30.5 Å². The SMILES string of the molecule is CNC(=O)C[C@@H]1NC(=O)c2csc(n2)-c2ccc(-c3nc(NC(=O)OC4CC(C(=O)O)C4)cs3)nc2-c2csc(n2)-c2csc(n2)[C@H]([C@@H](O)c2ccccc2)NC(=O)CNC(=O)c2nc(sc2COC)[C@H](C(C)C)NC(=O)c2nc1sc2C. The minimum Gasteiger partial charge on any atom is -0.481 e. The van der Waals surface area contributed by atoms with Crippen LogP contribution in [0.1, 0.15) is 119 Å². The third-order valence-electron chi connectivity index (χ3n) is 13.2. The number of carbonyl (C=O) groups is 7. The zero-order valence-corrected chi connectivity index (χ0v) is 49.5. The van der Waals surface area contributed by atoms with Crippen LogP contribution in [0.2, 0.25) is 0 Å². The van der Waals surface area contributed by atoms with Crippen LogP contribution in [0.25, 0.3) is 43.4 Å². The summed E-state index contributed by atoms with van der Waals surface area (Å²) in [5.74, 6) is -4.50. The number of hydrogen-bond acceptors (Lipinski definition) is 23. The fourth-order valence-corrected chi connectivity index (χ4v) is 14.3. The third-order valence-corrected chi connectivity index (χ3v) is 18.9. The lowest BCUT2D eigenvalue weighted by atomic mass is 9.82. The molecule has 83 heavy (non-hydrogen) atoms. The van der Waals surface area contributed by atoms with Gasteiger partial charge in [0, 0.05) is 46.1 Å². The summed E-state index contributed by atoms with van der Waals surface area (Å²) in [6.45, 7) is 4.93. The van der Waals surface area contributed by atoms with Gasteiger partial charge in [-0.1, -0.05) is 44.2 Å². The first-order valence-corrected chi connectivity index (χ1v) is 30.7. The van der Waals surface area contributed by atoms with Gasteiger partial charge >= 0.3 is 12.1 Å². The number of carboxylic acid groups (broad SMARTS) is 1. The molecule has 1 aliphatic carbocycles. The predicted molar refractivity (Wildman–Crippen MR) is 311 cm³/mol. The molecule has 24 nitrogen and oxygen atoms in total. The number of nitrogens with one attached hydrogen (secondary N) is 6. The zero-order chi connectivity index (χ0) is 58.6. The van der Waals surface area contributed by atoms with E-state index in [0.29, 0.717) is 68.7 Å². The Labute approximate surface area is 496 Å². The van der Waals surface area contributed by atoms with E-state index < -0.39 is 84.4 Å². The van der Waals surface area contributed by atoms with Gasteiger partial charge in [-0.15, -0.1) is 68.0 Å². The van der Waals surface area contributed by atoms with E-state index in [9.17, 15) is 43.8 Å². The van der Waals surface area contributed by atoms with Gasteiger partial charge in [0.2, 0.25) is 11.8 Å². The summed E-state index contributed by atoms with van der Waals surface area (Å²) < 4.78 is 10.8. The highest BCUT2D eigenvalue weighted by Gasteiger charge is 2.38. The van der Waals surface area contributed by atoms with Gasteiger partial charge in [0.05, 0.1) is 48.1 Å². The molecular weight excluding hydrogens is 1190 g/mol. The molecule has 0 unspecified atom stereocenters. The molecule has 1 aliphatic heterocycles. The molecule has 4 atom stereocenters. The zero-order valence-electron chi connectivity index (χ0n) is 44.6. The summed E-state index contributed by atoms with van der Waals surface area (Å²) in [5, 5.41) is 46.7. The summed E-state index contributed by atoms with van der Waals surface area (Å²) in [6.07, 6.45) is -2.39. The molecule has 1 aromatic carbocycles. The molecule has 0 saturated heterocycles. The second-order valence-corrected chi connectivity index (χ2v) is 25.1. The lowest BCUT2D eigenvalue weighted by Crippen LogP contribution is -2.40. The molecular formula is C53H51N13O11S6. The van der Waals surface area contributed by atoms with E-state index in [4.69, 9.17) is 29.4 Å². The van der Waals surface area contributed by atoms with Gasteiger partial charge in [-0.2, -0.15) is 0 Å². The van der Waals surface area contributed by atoms with Crippen molar-refractivity contribution in [3.63, 3.8) is 0 Å². The molecule has 30 heteroatoms. The van der Waals surface area contributed by atoms with Crippen molar-refractivity contribution in [2.75, 3.05) is 26.0 Å². The number of nitrogens with zero attached hydrogens (tertiary/aromatic N) is 7. The van der Waals surface area contributed by atoms with Crippen LogP contribution < -0.4 is 31.9 Å². The summed E-state index contributed by atoms with van der Waals surface area (Å²) in [6, 6.07) is 9.38. The number of aryl methyl sites for hydroxylation is 1. The number of aromatic nitrogens is 7. The maximum absolute atomic E-state index is 14.3. The van der Waals surface area contributed by atoms with E-state index in [1.807, 2.05) is 13.8 Å². The maximum atomic E-state index is 14.3. The van der Waals surface area contributed by atoms with Crippen molar-refractivity contribution < 1.29 is 53.2 Å². The van der Waals surface area contributed by atoms with Crippen molar-refractivity contribution in [2.45, 2.75) is 77.0 Å². The van der Waals surface area contributed by atoms with Crippen LogP contribution in [0.3, 0.4) is 0 Å². The number of methoxy groups -OCH3 is 1. The summed E-state index contributed by atoms with van der Waals surface area (Å²) in [4.78, 5) is 128. The molecule has 430 valence electrons. The molecule has 8 aromatic rings. The van der Waals surface area contributed by atoms with E-state index in [0.717, 1.165) is 34.0 Å². The first-order valence-electron chi connectivity index (χ1n) is 25.6. The number of ether oxygens (including phenoxy) is 2. The molecule has 10 bridgehead atoms. The Morgan fingerprint density at radius 1 is 0.711 bits per heavy atom. The maximum Gasteiger partial charge on any atom is 0.413 e. The lowest BCUT2D eigenvalue weighted by Gasteiger charge is -2.31. The standard InChI is InChI=1S/C53H51N13O11S6/c1-22(2)37-51-66-40(33(83-51)17-76-5)44(71)55-16-36(68)63-41(42(69)24-9-7-6-8-10-24)50-60-32(20-80-50)48-58-30(18-79-48)39-27(11-12-28(56-39)47-61-34(21-81-47)62-53(75)77-26-13-25(14-26)52(73)74)46-59-31(19-78-46)43(70)57-29(15-35(67)54-4)49-65-38(23(3)82-49)45(72)64-37/h6-12,18-22,25-26,29,37,41-42,69H,13-17H2,1-5H3,(H,54,67)(H,55,71)(H,57,70)(H,62,75)(H,63,68)(H,64,72)(H,73,74)/t25?,26?,29-,37-,41-,42-/m0/s1. The monoisotopic (exact) mass is 1240 g/mol. The first kappa shape index (κ1) is 58.4. The Hall–Kier alpha value is -7.84. The number of anilines is 1. The summed E-state index contributed by atoms with van der Waals surface area (Å²) in [7, 11) is 2.93. The largest absolute Gasteiger partial charge is 0.481 e. The topological polar surface area (TPSA) is 341 Å². The van der Waals surface area contributed by atoms with E-state index in [-0.39, 0.29) is 59.7 Å². The Morgan fingerprint density at radius 2 is 1.42 bits per heavy atom. The fraction of sp³-hybridized carbons (Fsp3) is 0.321. The number of thiazole rings is 6. The van der Waals surface area contributed by atoms with Gasteiger partial charge in [-0.05, 0) is 43.4 Å². The Balaban J connectivity index is 1.03. The molecule has 10 rings (SSSR count). The quantitative estimate of drug-likeness (QED) is 0.0614. The second-order valence-electron chi connectivity index (χ2n) is 19.3.